The maximum absolute atomic E-state index is 13.7. The van der Waals surface area contributed by atoms with Gasteiger partial charge in [0.15, 0.2) is 0 Å². The molecular formula is C20H20F2N2O2. The van der Waals surface area contributed by atoms with E-state index in [0.29, 0.717) is 18.5 Å². The lowest BCUT2D eigenvalue weighted by atomic mass is 10.1. The van der Waals surface area contributed by atoms with Crippen LogP contribution in [0.5, 0.6) is 0 Å². The first-order valence-electron chi connectivity index (χ1n) is 8.56. The van der Waals surface area contributed by atoms with Crippen LogP contribution in [0.25, 0.3) is 0 Å². The van der Waals surface area contributed by atoms with Gasteiger partial charge in [-0.2, -0.15) is 0 Å². The summed E-state index contributed by atoms with van der Waals surface area (Å²) in [4.78, 5) is 25.9. The maximum atomic E-state index is 13.7. The van der Waals surface area contributed by atoms with Crippen molar-refractivity contribution >= 4 is 11.8 Å². The molecule has 0 saturated carbocycles. The molecule has 0 radical (unpaired) electrons. The zero-order chi connectivity index (χ0) is 18.5. The fraction of sp³-hybridized carbons (Fsp3) is 0.300. The molecule has 26 heavy (non-hydrogen) atoms. The van der Waals surface area contributed by atoms with Crippen LogP contribution in [0.2, 0.25) is 0 Å². The van der Waals surface area contributed by atoms with E-state index >= 15 is 0 Å². The average molecular weight is 358 g/mol. The Morgan fingerprint density at radius 3 is 2.58 bits per heavy atom. The normalized spacial score (nSPS) is 16.8. The first-order valence-corrected chi connectivity index (χ1v) is 8.56. The van der Waals surface area contributed by atoms with Crippen molar-refractivity contribution in [3.63, 3.8) is 0 Å². The molecule has 2 aromatic carbocycles. The van der Waals surface area contributed by atoms with Gasteiger partial charge in [0.05, 0.1) is 5.92 Å². The van der Waals surface area contributed by atoms with E-state index in [0.717, 1.165) is 5.56 Å². The van der Waals surface area contributed by atoms with Crippen molar-refractivity contribution in [2.75, 3.05) is 13.1 Å². The molecule has 1 unspecified atom stereocenters. The number of rotatable bonds is 6. The third-order valence-electron chi connectivity index (χ3n) is 4.53. The molecule has 0 aromatic heterocycles. The van der Waals surface area contributed by atoms with Crippen LogP contribution < -0.4 is 5.32 Å². The maximum Gasteiger partial charge on any atom is 0.225 e. The number of amides is 2. The number of carbonyl (C=O) groups is 2. The summed E-state index contributed by atoms with van der Waals surface area (Å²) in [7, 11) is 0. The Bertz CT molecular complexity index is 793. The van der Waals surface area contributed by atoms with Crippen LogP contribution in [0.4, 0.5) is 8.78 Å². The van der Waals surface area contributed by atoms with Crippen LogP contribution in [-0.4, -0.2) is 29.8 Å². The van der Waals surface area contributed by atoms with Crippen LogP contribution in [0.3, 0.4) is 0 Å². The predicted octanol–water partition coefficient (Wildman–Crippen LogP) is 2.67. The summed E-state index contributed by atoms with van der Waals surface area (Å²) in [5.74, 6) is -1.41. The smallest absolute Gasteiger partial charge is 0.225 e. The Morgan fingerprint density at radius 2 is 1.85 bits per heavy atom. The Hall–Kier alpha value is -2.76. The number of likely N-dealkylation sites (tertiary alicyclic amines) is 1. The largest absolute Gasteiger partial charge is 0.355 e. The van der Waals surface area contributed by atoms with Crippen LogP contribution in [0, 0.1) is 17.6 Å². The van der Waals surface area contributed by atoms with Crippen LogP contribution >= 0.6 is 0 Å². The first kappa shape index (κ1) is 18.0. The molecule has 0 aliphatic carbocycles. The number of carbonyl (C=O) groups excluding carboxylic acids is 2. The molecule has 1 heterocycles. The second kappa shape index (κ2) is 8.08. The highest BCUT2D eigenvalue weighted by atomic mass is 19.1. The molecule has 1 fully saturated rings. The van der Waals surface area contributed by atoms with Crippen LogP contribution in [0.15, 0.2) is 48.5 Å². The topological polar surface area (TPSA) is 49.4 Å². The van der Waals surface area contributed by atoms with E-state index in [1.165, 1.54) is 23.1 Å². The molecular weight excluding hydrogens is 338 g/mol. The van der Waals surface area contributed by atoms with Gasteiger partial charge >= 0.3 is 0 Å². The minimum absolute atomic E-state index is 0.136. The molecule has 6 heteroatoms. The summed E-state index contributed by atoms with van der Waals surface area (Å²) in [5, 5.41) is 2.82. The van der Waals surface area contributed by atoms with Gasteiger partial charge in [-0.15, -0.1) is 0 Å². The number of hydrogen-bond acceptors (Lipinski definition) is 2. The lowest BCUT2D eigenvalue weighted by molar-refractivity contribution is -0.129. The fourth-order valence-electron chi connectivity index (χ4n) is 3.06. The van der Waals surface area contributed by atoms with Crippen molar-refractivity contribution in [3.8, 4) is 0 Å². The third-order valence-corrected chi connectivity index (χ3v) is 4.53. The Morgan fingerprint density at radius 1 is 1.12 bits per heavy atom. The highest BCUT2D eigenvalue weighted by molar-refractivity contribution is 5.89. The van der Waals surface area contributed by atoms with Gasteiger partial charge in [-0.25, -0.2) is 8.78 Å². The summed E-state index contributed by atoms with van der Waals surface area (Å²) in [6.45, 7) is 0.878. The summed E-state index contributed by atoms with van der Waals surface area (Å²) >= 11 is 0. The molecule has 1 aliphatic rings. The molecule has 1 saturated heterocycles. The summed E-state index contributed by atoms with van der Waals surface area (Å²) < 4.78 is 26.6. The van der Waals surface area contributed by atoms with E-state index in [9.17, 15) is 18.4 Å². The number of hydrogen-bond donors (Lipinski definition) is 1. The Kier molecular flexibility index (Phi) is 5.61. The molecule has 0 spiro atoms. The molecule has 3 rings (SSSR count). The summed E-state index contributed by atoms with van der Waals surface area (Å²) in [6.07, 6.45) is 0.725. The highest BCUT2D eigenvalue weighted by Gasteiger charge is 2.34. The lowest BCUT2D eigenvalue weighted by Crippen LogP contribution is -2.34. The highest BCUT2D eigenvalue weighted by Crippen LogP contribution is 2.21. The SMILES string of the molecule is O=C(NCCc1ccc(F)cc1)C1CC(=O)N(Cc2ccccc2F)C1. The predicted molar refractivity (Wildman–Crippen MR) is 93.0 cm³/mol. The van der Waals surface area contributed by atoms with Crippen molar-refractivity contribution in [1.29, 1.82) is 0 Å². The number of nitrogens with one attached hydrogen (secondary N) is 1. The first-order chi connectivity index (χ1) is 12.5. The fourth-order valence-corrected chi connectivity index (χ4v) is 3.06. The van der Waals surface area contributed by atoms with Crippen molar-refractivity contribution in [3.05, 3.63) is 71.3 Å². The zero-order valence-electron chi connectivity index (χ0n) is 14.3. The molecule has 2 aromatic rings. The van der Waals surface area contributed by atoms with E-state index in [4.69, 9.17) is 0 Å². The number of nitrogens with zero attached hydrogens (tertiary/aromatic N) is 1. The van der Waals surface area contributed by atoms with E-state index in [-0.39, 0.29) is 43.0 Å². The van der Waals surface area contributed by atoms with Crippen molar-refractivity contribution in [2.24, 2.45) is 5.92 Å². The minimum Gasteiger partial charge on any atom is -0.355 e. The summed E-state index contributed by atoms with van der Waals surface area (Å²) in [5.41, 5.74) is 1.37. The van der Waals surface area contributed by atoms with E-state index in [1.54, 1.807) is 30.3 Å². The van der Waals surface area contributed by atoms with Gasteiger partial charge in [-0.3, -0.25) is 9.59 Å². The van der Waals surface area contributed by atoms with Gasteiger partial charge in [-0.1, -0.05) is 30.3 Å². The van der Waals surface area contributed by atoms with Crippen molar-refractivity contribution < 1.29 is 18.4 Å². The molecule has 0 bridgehead atoms. The van der Waals surface area contributed by atoms with Crippen molar-refractivity contribution in [1.82, 2.24) is 10.2 Å². The van der Waals surface area contributed by atoms with Crippen molar-refractivity contribution in [2.45, 2.75) is 19.4 Å². The molecule has 4 nitrogen and oxygen atoms in total. The summed E-state index contributed by atoms with van der Waals surface area (Å²) in [6, 6.07) is 12.4. The number of benzene rings is 2. The molecule has 1 aliphatic heterocycles. The second-order valence-electron chi connectivity index (χ2n) is 6.43. The molecule has 136 valence electrons. The molecule has 1 atom stereocenters. The third kappa shape index (κ3) is 4.45. The number of halogens is 2. The van der Waals surface area contributed by atoms with Gasteiger partial charge in [0, 0.05) is 31.6 Å². The molecule has 1 N–H and O–H groups in total. The molecule has 2 amide bonds. The Labute approximate surface area is 150 Å². The second-order valence-corrected chi connectivity index (χ2v) is 6.43. The van der Waals surface area contributed by atoms with Gasteiger partial charge in [0.25, 0.3) is 0 Å². The van der Waals surface area contributed by atoms with Crippen LogP contribution in [0.1, 0.15) is 17.5 Å². The van der Waals surface area contributed by atoms with Gasteiger partial charge in [0.2, 0.25) is 11.8 Å². The monoisotopic (exact) mass is 358 g/mol. The minimum atomic E-state index is -0.428. The standard InChI is InChI=1S/C20H20F2N2O2/c21-17-7-5-14(6-8-17)9-10-23-20(26)16-11-19(25)24(13-16)12-15-3-1-2-4-18(15)22/h1-8,16H,9-13H2,(H,23,26). The van der Waals surface area contributed by atoms with E-state index < -0.39 is 5.92 Å². The van der Waals surface area contributed by atoms with Gasteiger partial charge in [0.1, 0.15) is 11.6 Å². The van der Waals surface area contributed by atoms with Gasteiger partial charge in [-0.05, 0) is 30.2 Å². The zero-order valence-corrected chi connectivity index (χ0v) is 14.3. The van der Waals surface area contributed by atoms with Gasteiger partial charge < -0.3 is 10.2 Å². The average Bonchev–Trinajstić information content (AvgIpc) is 2.99. The quantitative estimate of drug-likeness (QED) is 0.863. The van der Waals surface area contributed by atoms with Crippen LogP contribution in [-0.2, 0) is 22.6 Å². The van der Waals surface area contributed by atoms with E-state index in [2.05, 4.69) is 5.32 Å². The Balaban J connectivity index is 1.49. The van der Waals surface area contributed by atoms with E-state index in [1.807, 2.05) is 0 Å². The lowest BCUT2D eigenvalue weighted by Gasteiger charge is -2.17.